The molecule has 0 heterocycles. The molecule has 58 valence electrons. The van der Waals surface area contributed by atoms with Crippen LogP contribution < -0.4 is 0 Å². The van der Waals surface area contributed by atoms with Gasteiger partial charge in [-0.25, -0.2) is 0 Å². The van der Waals surface area contributed by atoms with Crippen molar-refractivity contribution < 1.29 is 10.2 Å². The Labute approximate surface area is 61.2 Å². The first kappa shape index (κ1) is 7.76. The molecule has 1 rings (SSSR count). The molecule has 0 aromatic heterocycles. The molecular formula is C8H14O2. The van der Waals surface area contributed by atoms with Crippen LogP contribution in [0.3, 0.4) is 0 Å². The van der Waals surface area contributed by atoms with E-state index in [1.54, 1.807) is 0 Å². The largest absolute Gasteiger partial charge is 0.393 e. The Morgan fingerprint density at radius 3 is 2.20 bits per heavy atom. The molecule has 0 saturated heterocycles. The van der Waals surface area contributed by atoms with E-state index < -0.39 is 0 Å². The Balaban J connectivity index is 2.51. The summed E-state index contributed by atoms with van der Waals surface area (Å²) in [6.45, 7) is 1.94. The zero-order valence-corrected chi connectivity index (χ0v) is 6.25. The Bertz CT molecular complexity index is 128. The highest BCUT2D eigenvalue weighted by molar-refractivity contribution is 5.06. The normalized spacial score (nSPS) is 34.1. The highest BCUT2D eigenvalue weighted by atomic mass is 16.3. The maximum absolute atomic E-state index is 9.18. The van der Waals surface area contributed by atoms with E-state index in [1.165, 1.54) is 5.57 Å². The van der Waals surface area contributed by atoms with Crippen molar-refractivity contribution in [3.8, 4) is 0 Å². The van der Waals surface area contributed by atoms with E-state index >= 15 is 0 Å². The summed E-state index contributed by atoms with van der Waals surface area (Å²) in [5.41, 5.74) is 1.17. The monoisotopic (exact) mass is 142 g/mol. The molecule has 0 aromatic carbocycles. The Morgan fingerprint density at radius 2 is 1.80 bits per heavy atom. The van der Waals surface area contributed by atoms with Crippen LogP contribution >= 0.6 is 0 Å². The molecule has 0 bridgehead atoms. The number of aliphatic hydroxyl groups excluding tert-OH is 2. The van der Waals surface area contributed by atoms with Gasteiger partial charge in [0.1, 0.15) is 0 Å². The number of rotatable bonds is 0. The van der Waals surface area contributed by atoms with Crippen LogP contribution in [0.2, 0.25) is 0 Å². The molecule has 0 aliphatic heterocycles. The summed E-state index contributed by atoms with van der Waals surface area (Å²) in [5, 5.41) is 18.4. The lowest BCUT2D eigenvalue weighted by atomic mass is 9.90. The van der Waals surface area contributed by atoms with Crippen LogP contribution in [0.5, 0.6) is 0 Å². The third kappa shape index (κ3) is 1.82. The molecule has 2 heteroatoms. The fraction of sp³-hybridized carbons (Fsp3) is 0.750. The molecule has 0 unspecified atom stereocenters. The Kier molecular flexibility index (Phi) is 2.46. The van der Waals surface area contributed by atoms with E-state index in [2.05, 4.69) is 0 Å². The van der Waals surface area contributed by atoms with E-state index in [9.17, 15) is 10.2 Å². The molecule has 0 amide bonds. The van der Waals surface area contributed by atoms with Gasteiger partial charge in [0.15, 0.2) is 0 Å². The van der Waals surface area contributed by atoms with Crippen LogP contribution in [0.25, 0.3) is 0 Å². The first-order valence-electron chi connectivity index (χ1n) is 3.72. The maximum atomic E-state index is 9.18. The van der Waals surface area contributed by atoms with Crippen molar-refractivity contribution in [1.82, 2.24) is 0 Å². The number of hydrogen-bond donors (Lipinski definition) is 2. The van der Waals surface area contributed by atoms with Crippen molar-refractivity contribution in [3.05, 3.63) is 11.6 Å². The zero-order chi connectivity index (χ0) is 7.56. The molecule has 1 fully saturated rings. The lowest BCUT2D eigenvalue weighted by molar-refractivity contribution is 0.0609. The Morgan fingerprint density at radius 1 is 1.30 bits per heavy atom. The fourth-order valence-electron chi connectivity index (χ4n) is 1.41. The van der Waals surface area contributed by atoms with Gasteiger partial charge in [0, 0.05) is 0 Å². The van der Waals surface area contributed by atoms with Gasteiger partial charge >= 0.3 is 0 Å². The number of hydrogen-bond acceptors (Lipinski definition) is 2. The third-order valence-electron chi connectivity index (χ3n) is 1.95. The first-order valence-corrected chi connectivity index (χ1v) is 3.72. The Hall–Kier alpha value is -0.340. The van der Waals surface area contributed by atoms with Crippen LogP contribution in [-0.4, -0.2) is 22.4 Å². The van der Waals surface area contributed by atoms with Crippen LogP contribution in [-0.2, 0) is 0 Å². The molecular weight excluding hydrogens is 128 g/mol. The summed E-state index contributed by atoms with van der Waals surface area (Å²) < 4.78 is 0. The van der Waals surface area contributed by atoms with Gasteiger partial charge in [0.25, 0.3) is 0 Å². The average Bonchev–Trinajstić information content (AvgIpc) is 1.85. The van der Waals surface area contributed by atoms with Gasteiger partial charge < -0.3 is 10.2 Å². The van der Waals surface area contributed by atoms with Gasteiger partial charge in [-0.3, -0.25) is 0 Å². The summed E-state index contributed by atoms with van der Waals surface area (Å²) in [5.74, 6) is 0. The van der Waals surface area contributed by atoms with Gasteiger partial charge in [-0.2, -0.15) is 0 Å². The van der Waals surface area contributed by atoms with Gasteiger partial charge in [-0.05, 0) is 26.2 Å². The molecule has 0 aromatic rings. The summed E-state index contributed by atoms with van der Waals surface area (Å²) in [6.07, 6.45) is 3.36. The molecule has 10 heavy (non-hydrogen) atoms. The minimum atomic E-state index is -0.324. The summed E-state index contributed by atoms with van der Waals surface area (Å²) in [7, 11) is 0. The van der Waals surface area contributed by atoms with Gasteiger partial charge in [0.05, 0.1) is 12.2 Å². The minimum Gasteiger partial charge on any atom is -0.393 e. The number of aliphatic hydroxyl groups is 2. The van der Waals surface area contributed by atoms with Crippen molar-refractivity contribution in [2.75, 3.05) is 0 Å². The molecule has 2 N–H and O–H groups in total. The van der Waals surface area contributed by atoms with Crippen molar-refractivity contribution in [2.45, 2.75) is 38.4 Å². The molecule has 2 nitrogen and oxygen atoms in total. The van der Waals surface area contributed by atoms with E-state index in [0.717, 1.165) is 12.8 Å². The summed E-state index contributed by atoms with van der Waals surface area (Å²) in [4.78, 5) is 0. The zero-order valence-electron chi connectivity index (χ0n) is 6.25. The van der Waals surface area contributed by atoms with Crippen molar-refractivity contribution in [3.63, 3.8) is 0 Å². The number of allylic oxidation sites excluding steroid dienone is 1. The smallest absolute Gasteiger partial charge is 0.0602 e. The molecule has 1 aliphatic carbocycles. The maximum Gasteiger partial charge on any atom is 0.0602 e. The molecule has 0 spiro atoms. The SMILES string of the molecule is CC=C1C[C@@H](O)C[C@H](O)C1. The molecule has 2 atom stereocenters. The van der Waals surface area contributed by atoms with Gasteiger partial charge in [0.2, 0.25) is 0 Å². The molecule has 0 radical (unpaired) electrons. The van der Waals surface area contributed by atoms with Gasteiger partial charge in [-0.15, -0.1) is 0 Å². The van der Waals surface area contributed by atoms with Crippen molar-refractivity contribution in [1.29, 1.82) is 0 Å². The van der Waals surface area contributed by atoms with Crippen LogP contribution in [0, 0.1) is 0 Å². The third-order valence-corrected chi connectivity index (χ3v) is 1.95. The highest BCUT2D eigenvalue weighted by Gasteiger charge is 2.20. The minimum absolute atomic E-state index is 0.324. The molecule has 1 aliphatic rings. The second-order valence-corrected chi connectivity index (χ2v) is 2.90. The second-order valence-electron chi connectivity index (χ2n) is 2.90. The fourth-order valence-corrected chi connectivity index (χ4v) is 1.41. The molecule has 1 saturated carbocycles. The highest BCUT2D eigenvalue weighted by Crippen LogP contribution is 2.23. The van der Waals surface area contributed by atoms with Crippen LogP contribution in [0.4, 0.5) is 0 Å². The predicted octanol–water partition coefficient (Wildman–Crippen LogP) is 0.838. The summed E-state index contributed by atoms with van der Waals surface area (Å²) in [6, 6.07) is 0. The second kappa shape index (κ2) is 3.17. The first-order chi connectivity index (χ1) is 4.72. The average molecular weight is 142 g/mol. The van der Waals surface area contributed by atoms with E-state index in [4.69, 9.17) is 0 Å². The van der Waals surface area contributed by atoms with Crippen molar-refractivity contribution in [2.24, 2.45) is 0 Å². The van der Waals surface area contributed by atoms with E-state index in [-0.39, 0.29) is 12.2 Å². The van der Waals surface area contributed by atoms with Crippen LogP contribution in [0.1, 0.15) is 26.2 Å². The van der Waals surface area contributed by atoms with E-state index in [1.807, 2.05) is 13.0 Å². The van der Waals surface area contributed by atoms with Crippen LogP contribution in [0.15, 0.2) is 11.6 Å². The lowest BCUT2D eigenvalue weighted by Gasteiger charge is -2.24. The van der Waals surface area contributed by atoms with E-state index in [0.29, 0.717) is 6.42 Å². The standard InChI is InChI=1S/C8H14O2/c1-2-6-3-7(9)5-8(10)4-6/h2,7-10H,3-5H2,1H3/t7-,8-/m1/s1. The predicted molar refractivity (Wildman–Crippen MR) is 39.6 cm³/mol. The van der Waals surface area contributed by atoms with Crippen molar-refractivity contribution >= 4 is 0 Å². The topological polar surface area (TPSA) is 40.5 Å². The lowest BCUT2D eigenvalue weighted by Crippen LogP contribution is -2.24. The van der Waals surface area contributed by atoms with Gasteiger partial charge in [-0.1, -0.05) is 11.6 Å². The quantitative estimate of drug-likeness (QED) is 0.492. The summed E-state index contributed by atoms with van der Waals surface area (Å²) >= 11 is 0.